The van der Waals surface area contributed by atoms with Gasteiger partial charge in [-0.1, -0.05) is 11.6 Å². The van der Waals surface area contributed by atoms with Gasteiger partial charge in [-0.15, -0.1) is 0 Å². The fourth-order valence-electron chi connectivity index (χ4n) is 3.02. The molecule has 0 aliphatic carbocycles. The van der Waals surface area contributed by atoms with E-state index in [1.54, 1.807) is 11.7 Å². The molecule has 1 aromatic rings. The Morgan fingerprint density at radius 3 is 2.57 bits per heavy atom. The lowest BCUT2D eigenvalue weighted by molar-refractivity contribution is -0.132. The Kier molecular flexibility index (Phi) is 3.41. The molecule has 114 valence electrons. The summed E-state index contributed by atoms with van der Waals surface area (Å²) in [6, 6.07) is -0.346. The maximum absolute atomic E-state index is 12.7. The summed E-state index contributed by atoms with van der Waals surface area (Å²) in [4.78, 5) is 26.1. The number of carbonyl (C=O) groups excluding carboxylic acids is 2. The Bertz CT molecular complexity index is 606. The van der Waals surface area contributed by atoms with E-state index >= 15 is 0 Å². The summed E-state index contributed by atoms with van der Waals surface area (Å²) in [5.74, 6) is -0.159. The molecule has 3 amide bonds. The van der Waals surface area contributed by atoms with E-state index in [0.29, 0.717) is 23.6 Å². The Hall–Kier alpha value is -1.60. The van der Waals surface area contributed by atoms with Crippen LogP contribution < -0.4 is 10.6 Å². The van der Waals surface area contributed by atoms with Crippen molar-refractivity contribution >= 4 is 23.5 Å². The summed E-state index contributed by atoms with van der Waals surface area (Å²) in [5, 5.41) is 10.7. The number of hydrogen-bond acceptors (Lipinski definition) is 4. The summed E-state index contributed by atoms with van der Waals surface area (Å²) in [5.41, 5.74) is 0.702. The van der Waals surface area contributed by atoms with Crippen molar-refractivity contribution in [2.75, 3.05) is 13.1 Å². The van der Waals surface area contributed by atoms with E-state index in [1.165, 1.54) is 4.90 Å². The zero-order valence-electron chi connectivity index (χ0n) is 12.1. The van der Waals surface area contributed by atoms with Crippen molar-refractivity contribution in [2.45, 2.75) is 31.8 Å². The molecule has 0 aromatic carbocycles. The Balaban J connectivity index is 1.86. The standard InChI is InChI=1S/C13H18ClN5O2/c1-8-9(10(14)18(2)17-8)7-19-11(20)13(16-12(19)21)3-5-15-6-4-13/h15H,3-7H2,1-2H3,(H,16,21). The molecule has 0 bridgehead atoms. The predicted octanol–water partition coefficient (Wildman–Crippen LogP) is 0.556. The molecule has 0 radical (unpaired) electrons. The highest BCUT2D eigenvalue weighted by atomic mass is 35.5. The molecule has 2 saturated heterocycles. The van der Waals surface area contributed by atoms with Crippen LogP contribution >= 0.6 is 11.6 Å². The molecule has 8 heteroatoms. The molecular weight excluding hydrogens is 294 g/mol. The predicted molar refractivity (Wildman–Crippen MR) is 76.9 cm³/mol. The van der Waals surface area contributed by atoms with Crippen LogP contribution in [0.2, 0.25) is 5.15 Å². The van der Waals surface area contributed by atoms with Crippen LogP contribution in [0, 0.1) is 6.92 Å². The number of piperidine rings is 1. The number of aromatic nitrogens is 2. The molecular formula is C13H18ClN5O2. The lowest BCUT2D eigenvalue weighted by atomic mass is 9.88. The number of aryl methyl sites for hydroxylation is 2. The Labute approximate surface area is 127 Å². The third-order valence-corrected chi connectivity index (χ3v) is 4.76. The number of urea groups is 1. The van der Waals surface area contributed by atoms with Gasteiger partial charge in [-0.2, -0.15) is 5.10 Å². The third-order valence-electron chi connectivity index (χ3n) is 4.29. The monoisotopic (exact) mass is 311 g/mol. The van der Waals surface area contributed by atoms with Crippen LogP contribution in [-0.4, -0.2) is 45.2 Å². The zero-order chi connectivity index (χ0) is 15.2. The fourth-order valence-corrected chi connectivity index (χ4v) is 3.26. The summed E-state index contributed by atoms with van der Waals surface area (Å²) >= 11 is 6.19. The summed E-state index contributed by atoms with van der Waals surface area (Å²) in [6.07, 6.45) is 1.24. The van der Waals surface area contributed by atoms with E-state index in [4.69, 9.17) is 11.6 Å². The number of rotatable bonds is 2. The van der Waals surface area contributed by atoms with E-state index in [9.17, 15) is 9.59 Å². The topological polar surface area (TPSA) is 79.3 Å². The molecule has 1 spiro atoms. The Morgan fingerprint density at radius 1 is 1.33 bits per heavy atom. The minimum Gasteiger partial charge on any atom is -0.323 e. The SMILES string of the molecule is Cc1nn(C)c(Cl)c1CN1C(=O)NC2(CCNCC2)C1=O. The quantitative estimate of drug-likeness (QED) is 0.782. The van der Waals surface area contributed by atoms with Crippen molar-refractivity contribution in [3.05, 3.63) is 16.4 Å². The number of carbonyl (C=O) groups is 2. The van der Waals surface area contributed by atoms with Gasteiger partial charge in [-0.3, -0.25) is 14.4 Å². The molecule has 3 rings (SSSR count). The molecule has 2 N–H and O–H groups in total. The van der Waals surface area contributed by atoms with E-state index in [-0.39, 0.29) is 18.5 Å². The average molecular weight is 312 g/mol. The molecule has 1 aromatic heterocycles. The molecule has 2 aliphatic heterocycles. The molecule has 2 aliphatic rings. The van der Waals surface area contributed by atoms with Crippen molar-refractivity contribution in [1.29, 1.82) is 0 Å². The molecule has 0 saturated carbocycles. The maximum Gasteiger partial charge on any atom is 0.325 e. The molecule has 7 nitrogen and oxygen atoms in total. The second-order valence-electron chi connectivity index (χ2n) is 5.63. The first-order chi connectivity index (χ1) is 9.94. The molecule has 0 unspecified atom stereocenters. The van der Waals surface area contributed by atoms with Crippen molar-refractivity contribution in [3.8, 4) is 0 Å². The van der Waals surface area contributed by atoms with E-state index in [1.807, 2.05) is 6.92 Å². The second-order valence-corrected chi connectivity index (χ2v) is 5.99. The first-order valence-electron chi connectivity index (χ1n) is 6.97. The molecule has 21 heavy (non-hydrogen) atoms. The minimum absolute atomic E-state index is 0.159. The van der Waals surface area contributed by atoms with Gasteiger partial charge in [0.2, 0.25) is 0 Å². The largest absolute Gasteiger partial charge is 0.325 e. The first kappa shape index (κ1) is 14.3. The normalized spacial score (nSPS) is 21.2. The lowest BCUT2D eigenvalue weighted by Gasteiger charge is -2.31. The number of nitrogens with zero attached hydrogens (tertiary/aromatic N) is 3. The summed E-state index contributed by atoms with van der Waals surface area (Å²) < 4.78 is 1.55. The third kappa shape index (κ3) is 2.20. The van der Waals surface area contributed by atoms with Gasteiger partial charge in [-0.25, -0.2) is 4.79 Å². The van der Waals surface area contributed by atoms with Gasteiger partial charge in [0.1, 0.15) is 10.7 Å². The van der Waals surface area contributed by atoms with Gasteiger partial charge >= 0.3 is 6.03 Å². The lowest BCUT2D eigenvalue weighted by Crippen LogP contribution is -2.53. The van der Waals surface area contributed by atoms with E-state index in [0.717, 1.165) is 18.8 Å². The fraction of sp³-hybridized carbons (Fsp3) is 0.615. The van der Waals surface area contributed by atoms with Crippen LogP contribution in [0.3, 0.4) is 0 Å². The van der Waals surface area contributed by atoms with Crippen LogP contribution in [-0.2, 0) is 18.4 Å². The number of hydrogen-bond donors (Lipinski definition) is 2. The molecule has 2 fully saturated rings. The number of nitrogens with one attached hydrogen (secondary N) is 2. The van der Waals surface area contributed by atoms with Crippen LogP contribution in [0.4, 0.5) is 4.79 Å². The van der Waals surface area contributed by atoms with Gasteiger partial charge in [0, 0.05) is 12.6 Å². The van der Waals surface area contributed by atoms with Crippen molar-refractivity contribution in [2.24, 2.45) is 7.05 Å². The molecule has 0 atom stereocenters. The van der Waals surface area contributed by atoms with Gasteiger partial charge in [0.05, 0.1) is 12.2 Å². The summed E-state index contributed by atoms with van der Waals surface area (Å²) in [7, 11) is 1.74. The highest BCUT2D eigenvalue weighted by Crippen LogP contribution is 2.29. The highest BCUT2D eigenvalue weighted by molar-refractivity contribution is 6.30. The summed E-state index contributed by atoms with van der Waals surface area (Å²) in [6.45, 7) is 3.44. The molecule has 3 heterocycles. The smallest absolute Gasteiger partial charge is 0.323 e. The Morgan fingerprint density at radius 2 is 2.00 bits per heavy atom. The maximum atomic E-state index is 12.7. The highest BCUT2D eigenvalue weighted by Gasteiger charge is 2.51. The van der Waals surface area contributed by atoms with Crippen LogP contribution in [0.25, 0.3) is 0 Å². The van der Waals surface area contributed by atoms with Crippen LogP contribution in [0.5, 0.6) is 0 Å². The van der Waals surface area contributed by atoms with Crippen LogP contribution in [0.15, 0.2) is 0 Å². The number of amides is 3. The van der Waals surface area contributed by atoms with Gasteiger partial charge < -0.3 is 10.6 Å². The number of halogens is 1. The van der Waals surface area contributed by atoms with Gasteiger partial charge in [0.25, 0.3) is 5.91 Å². The second kappa shape index (κ2) is 4.99. The first-order valence-corrected chi connectivity index (χ1v) is 7.35. The minimum atomic E-state index is -0.745. The van der Waals surface area contributed by atoms with Gasteiger partial charge in [0.15, 0.2) is 0 Å². The average Bonchev–Trinajstić information content (AvgIpc) is 2.82. The van der Waals surface area contributed by atoms with E-state index < -0.39 is 5.54 Å². The van der Waals surface area contributed by atoms with Crippen molar-refractivity contribution < 1.29 is 9.59 Å². The van der Waals surface area contributed by atoms with E-state index in [2.05, 4.69) is 15.7 Å². The van der Waals surface area contributed by atoms with Gasteiger partial charge in [-0.05, 0) is 32.9 Å². The zero-order valence-corrected chi connectivity index (χ0v) is 12.8. The van der Waals surface area contributed by atoms with Crippen LogP contribution in [0.1, 0.15) is 24.1 Å². The van der Waals surface area contributed by atoms with Crippen molar-refractivity contribution in [1.82, 2.24) is 25.3 Å². The van der Waals surface area contributed by atoms with Crippen molar-refractivity contribution in [3.63, 3.8) is 0 Å². The number of imide groups is 1.